The minimum atomic E-state index is -0.624. The number of hydrogen-bond donors (Lipinski definition) is 3. The summed E-state index contributed by atoms with van der Waals surface area (Å²) in [6.07, 6.45) is 11.9. The molecule has 5 aliphatic rings. The Balaban J connectivity index is 1.32. The molecule has 0 heterocycles. The van der Waals surface area contributed by atoms with E-state index >= 15 is 0 Å². The van der Waals surface area contributed by atoms with Crippen molar-refractivity contribution in [2.75, 3.05) is 0 Å². The molecule has 0 radical (unpaired) electrons. The number of carbonyl (C=O) groups excluding carboxylic acids is 3. The van der Waals surface area contributed by atoms with Crippen LogP contribution in [0.3, 0.4) is 0 Å². The van der Waals surface area contributed by atoms with Crippen molar-refractivity contribution in [3.05, 3.63) is 0 Å². The van der Waals surface area contributed by atoms with Gasteiger partial charge in [0.1, 0.15) is 6.04 Å². The zero-order valence-electron chi connectivity index (χ0n) is 18.0. The average Bonchev–Trinajstić information content (AvgIpc) is 2.69. The van der Waals surface area contributed by atoms with Crippen LogP contribution in [-0.4, -0.2) is 23.8 Å². The van der Waals surface area contributed by atoms with E-state index in [0.717, 1.165) is 44.9 Å². The molecule has 0 aromatic carbocycles. The van der Waals surface area contributed by atoms with Gasteiger partial charge in [-0.15, -0.1) is 0 Å². The fraction of sp³-hybridized carbons (Fsp3) is 0.870. The van der Waals surface area contributed by atoms with E-state index in [4.69, 9.17) is 0 Å². The predicted octanol–water partition coefficient (Wildman–Crippen LogP) is 3.07. The van der Waals surface area contributed by atoms with Gasteiger partial charge in [-0.1, -0.05) is 33.1 Å². The van der Waals surface area contributed by atoms with E-state index in [1.54, 1.807) is 0 Å². The van der Waals surface area contributed by atoms with E-state index in [0.29, 0.717) is 17.8 Å². The number of amides is 3. The number of rotatable bonds is 5. The number of hydrazine groups is 1. The van der Waals surface area contributed by atoms with Crippen molar-refractivity contribution >= 4 is 17.7 Å². The minimum Gasteiger partial charge on any atom is -0.344 e. The lowest BCUT2D eigenvalue weighted by Crippen LogP contribution is -2.60. The third-order valence-corrected chi connectivity index (χ3v) is 8.04. The zero-order valence-corrected chi connectivity index (χ0v) is 18.0. The third kappa shape index (κ3) is 4.31. The van der Waals surface area contributed by atoms with Crippen molar-refractivity contribution in [3.8, 4) is 0 Å². The summed E-state index contributed by atoms with van der Waals surface area (Å²) in [5.74, 6) is 1.65. The van der Waals surface area contributed by atoms with Crippen LogP contribution < -0.4 is 16.2 Å². The Morgan fingerprint density at radius 2 is 1.38 bits per heavy atom. The summed E-state index contributed by atoms with van der Waals surface area (Å²) in [6, 6.07) is -0.624. The van der Waals surface area contributed by atoms with Crippen LogP contribution in [0.4, 0.5) is 0 Å². The van der Waals surface area contributed by atoms with E-state index in [1.807, 2.05) is 13.8 Å². The Hall–Kier alpha value is -1.59. The lowest BCUT2D eigenvalue weighted by atomic mass is 9.49. The maximum Gasteiger partial charge on any atom is 0.261 e. The van der Waals surface area contributed by atoms with Crippen LogP contribution in [0, 0.1) is 35.0 Å². The maximum atomic E-state index is 13.0. The molecule has 5 aliphatic carbocycles. The summed E-state index contributed by atoms with van der Waals surface area (Å²) in [6.45, 7) is 3.85. The maximum absolute atomic E-state index is 13.0. The Morgan fingerprint density at radius 1 is 0.828 bits per heavy atom. The first-order valence-electron chi connectivity index (χ1n) is 11.8. The normalized spacial score (nSPS) is 34.7. The smallest absolute Gasteiger partial charge is 0.261 e. The molecular formula is C23H37N3O3. The third-order valence-electron chi connectivity index (χ3n) is 8.04. The van der Waals surface area contributed by atoms with Crippen LogP contribution in [0.2, 0.25) is 0 Å². The van der Waals surface area contributed by atoms with E-state index in [1.165, 1.54) is 25.7 Å². The summed E-state index contributed by atoms with van der Waals surface area (Å²) in [7, 11) is 0. The van der Waals surface area contributed by atoms with Gasteiger partial charge >= 0.3 is 0 Å². The molecule has 0 aliphatic heterocycles. The quantitative estimate of drug-likeness (QED) is 0.617. The van der Waals surface area contributed by atoms with Gasteiger partial charge in [-0.2, -0.15) is 0 Å². The second-order valence-corrected chi connectivity index (χ2v) is 10.7. The van der Waals surface area contributed by atoms with Gasteiger partial charge in [0.2, 0.25) is 11.8 Å². The molecule has 5 rings (SSSR count). The Bertz CT molecular complexity index is 618. The van der Waals surface area contributed by atoms with Crippen LogP contribution in [0.15, 0.2) is 0 Å². The predicted molar refractivity (Wildman–Crippen MR) is 110 cm³/mol. The Labute approximate surface area is 174 Å². The highest BCUT2D eigenvalue weighted by Gasteiger charge is 2.54. The molecule has 1 atom stereocenters. The molecule has 6 heteroatoms. The molecule has 0 aromatic rings. The number of hydrogen-bond acceptors (Lipinski definition) is 3. The summed E-state index contributed by atoms with van der Waals surface area (Å²) >= 11 is 0. The largest absolute Gasteiger partial charge is 0.344 e. The van der Waals surface area contributed by atoms with Gasteiger partial charge < -0.3 is 5.32 Å². The molecule has 4 bridgehead atoms. The lowest BCUT2D eigenvalue weighted by Gasteiger charge is -2.55. The van der Waals surface area contributed by atoms with Crippen molar-refractivity contribution in [1.29, 1.82) is 0 Å². The van der Waals surface area contributed by atoms with Crippen LogP contribution in [0.1, 0.15) is 84.5 Å². The number of carbonyl (C=O) groups is 3. The first-order valence-corrected chi connectivity index (χ1v) is 11.8. The molecule has 0 aromatic heterocycles. The van der Waals surface area contributed by atoms with Gasteiger partial charge in [0.05, 0.1) is 5.41 Å². The minimum absolute atomic E-state index is 0.0133. The van der Waals surface area contributed by atoms with Crippen LogP contribution in [0.25, 0.3) is 0 Å². The molecule has 3 N–H and O–H groups in total. The first-order chi connectivity index (χ1) is 13.9. The highest BCUT2D eigenvalue weighted by molar-refractivity contribution is 5.91. The van der Waals surface area contributed by atoms with Crippen LogP contribution in [-0.2, 0) is 14.4 Å². The summed E-state index contributed by atoms with van der Waals surface area (Å²) in [5.41, 5.74) is 5.09. The fourth-order valence-electron chi connectivity index (χ4n) is 6.89. The van der Waals surface area contributed by atoms with Gasteiger partial charge in [-0.25, -0.2) is 0 Å². The molecule has 6 nitrogen and oxygen atoms in total. The van der Waals surface area contributed by atoms with Gasteiger partial charge in [-0.05, 0) is 75.0 Å². The van der Waals surface area contributed by atoms with Crippen LogP contribution in [0.5, 0.6) is 0 Å². The molecule has 5 fully saturated rings. The highest BCUT2D eigenvalue weighted by Crippen LogP contribution is 2.60. The fourth-order valence-corrected chi connectivity index (χ4v) is 6.89. The topological polar surface area (TPSA) is 87.3 Å². The molecule has 29 heavy (non-hydrogen) atoms. The van der Waals surface area contributed by atoms with Crippen molar-refractivity contribution in [1.82, 2.24) is 16.2 Å². The lowest BCUT2D eigenvalue weighted by molar-refractivity contribution is -0.149. The van der Waals surface area contributed by atoms with E-state index in [9.17, 15) is 14.4 Å². The van der Waals surface area contributed by atoms with Gasteiger partial charge in [-0.3, -0.25) is 25.2 Å². The van der Waals surface area contributed by atoms with E-state index in [2.05, 4.69) is 16.2 Å². The Kier molecular flexibility index (Phi) is 5.90. The highest BCUT2D eigenvalue weighted by atomic mass is 16.2. The molecule has 3 amide bonds. The molecular weight excluding hydrogens is 366 g/mol. The molecule has 162 valence electrons. The van der Waals surface area contributed by atoms with Crippen molar-refractivity contribution in [3.63, 3.8) is 0 Å². The molecule has 0 unspecified atom stereocenters. The van der Waals surface area contributed by atoms with Gasteiger partial charge in [0, 0.05) is 5.92 Å². The van der Waals surface area contributed by atoms with Crippen molar-refractivity contribution < 1.29 is 14.4 Å². The van der Waals surface area contributed by atoms with E-state index in [-0.39, 0.29) is 35.0 Å². The molecule has 5 saturated carbocycles. The van der Waals surface area contributed by atoms with E-state index < -0.39 is 6.04 Å². The van der Waals surface area contributed by atoms with Gasteiger partial charge in [0.25, 0.3) is 5.91 Å². The average molecular weight is 404 g/mol. The summed E-state index contributed by atoms with van der Waals surface area (Å²) in [5, 5.41) is 2.94. The second kappa shape index (κ2) is 8.27. The zero-order chi connectivity index (χ0) is 20.6. The molecule has 0 spiro atoms. The second-order valence-electron chi connectivity index (χ2n) is 10.7. The standard InChI is InChI=1S/C23H37N3O3/c1-14(2)19(24-20(27)18-6-4-3-5-7-18)21(28)25-26-22(29)23-11-15-8-16(12-23)10-17(9-15)13-23/h14-19H,3-13H2,1-2H3,(H,24,27)(H,25,28)(H,26,29)/t15?,16?,17?,19-,23?/m1/s1. The van der Waals surface area contributed by atoms with Crippen molar-refractivity contribution in [2.45, 2.75) is 90.5 Å². The summed E-state index contributed by atoms with van der Waals surface area (Å²) < 4.78 is 0. The SMILES string of the molecule is CC(C)[C@@H](NC(=O)C1CCCCC1)C(=O)NNC(=O)C12CC3CC(CC(C3)C1)C2. The number of nitrogens with one attached hydrogen (secondary N) is 3. The first kappa shape index (κ1) is 20.7. The summed E-state index contributed by atoms with van der Waals surface area (Å²) in [4.78, 5) is 38.5. The monoisotopic (exact) mass is 403 g/mol. The Morgan fingerprint density at radius 3 is 1.90 bits per heavy atom. The van der Waals surface area contributed by atoms with Crippen molar-refractivity contribution in [2.24, 2.45) is 35.0 Å². The van der Waals surface area contributed by atoms with Crippen LogP contribution >= 0.6 is 0 Å². The molecule has 0 saturated heterocycles. The van der Waals surface area contributed by atoms with Gasteiger partial charge in [0.15, 0.2) is 0 Å².